The van der Waals surface area contributed by atoms with Gasteiger partial charge >= 0.3 is 12.1 Å². The fraction of sp³-hybridized carbons (Fsp3) is 0.345. The van der Waals surface area contributed by atoms with Gasteiger partial charge in [-0.3, -0.25) is 0 Å². The van der Waals surface area contributed by atoms with E-state index >= 15 is 0 Å². The van der Waals surface area contributed by atoms with Gasteiger partial charge in [-0.15, -0.1) is 0 Å². The van der Waals surface area contributed by atoms with E-state index in [4.69, 9.17) is 9.47 Å². The highest BCUT2D eigenvalue weighted by atomic mass is 19.1. The van der Waals surface area contributed by atoms with Crippen LogP contribution in [0, 0.1) is 23.0 Å². The van der Waals surface area contributed by atoms with Crippen LogP contribution in [0.15, 0.2) is 48.7 Å². The lowest BCUT2D eigenvalue weighted by Gasteiger charge is -2.35. The number of amides is 1. The van der Waals surface area contributed by atoms with Crippen molar-refractivity contribution >= 4 is 12.1 Å². The van der Waals surface area contributed by atoms with Crippen molar-refractivity contribution in [3.05, 3.63) is 71.6 Å². The monoisotopic (exact) mass is 539 g/mol. The van der Waals surface area contributed by atoms with Crippen molar-refractivity contribution in [2.45, 2.75) is 52.7 Å². The van der Waals surface area contributed by atoms with Gasteiger partial charge in [-0.25, -0.2) is 18.4 Å². The third-order valence-corrected chi connectivity index (χ3v) is 6.09. The van der Waals surface area contributed by atoms with Gasteiger partial charge in [0, 0.05) is 24.8 Å². The van der Waals surface area contributed by atoms with Crippen LogP contribution in [0.5, 0.6) is 11.5 Å². The van der Waals surface area contributed by atoms with Crippen LogP contribution in [0.1, 0.15) is 63.1 Å². The van der Waals surface area contributed by atoms with E-state index in [0.717, 1.165) is 12.1 Å². The second-order valence-electron chi connectivity index (χ2n) is 9.99. The van der Waals surface area contributed by atoms with Gasteiger partial charge in [0.05, 0.1) is 11.6 Å². The molecule has 8 nitrogen and oxygen atoms in total. The van der Waals surface area contributed by atoms with Gasteiger partial charge < -0.3 is 24.0 Å². The summed E-state index contributed by atoms with van der Waals surface area (Å²) in [4.78, 5) is 26.4. The molecule has 1 aromatic heterocycles. The summed E-state index contributed by atoms with van der Waals surface area (Å²) in [6, 6.07) is 11.1. The number of nitriles is 1. The van der Waals surface area contributed by atoms with E-state index in [9.17, 15) is 28.7 Å². The average molecular weight is 540 g/mol. The number of carboxylic acid groups (broad SMARTS) is 1. The molecule has 2 heterocycles. The predicted molar refractivity (Wildman–Crippen MR) is 141 cm³/mol. The summed E-state index contributed by atoms with van der Waals surface area (Å²) in [5.41, 5.74) is 0.0265. The van der Waals surface area contributed by atoms with Crippen molar-refractivity contribution in [3.63, 3.8) is 0 Å². The molecular weight excluding hydrogens is 508 g/mol. The minimum absolute atomic E-state index is 0. The van der Waals surface area contributed by atoms with Gasteiger partial charge in [-0.2, -0.15) is 5.26 Å². The van der Waals surface area contributed by atoms with Crippen LogP contribution in [-0.2, 0) is 4.74 Å². The van der Waals surface area contributed by atoms with Crippen molar-refractivity contribution in [1.82, 2.24) is 9.47 Å². The van der Waals surface area contributed by atoms with Crippen molar-refractivity contribution in [1.29, 1.82) is 5.26 Å². The summed E-state index contributed by atoms with van der Waals surface area (Å²) >= 11 is 0. The van der Waals surface area contributed by atoms with E-state index in [2.05, 4.69) is 0 Å². The number of ether oxygens (including phenoxy) is 2. The number of halogens is 2. The lowest BCUT2D eigenvalue weighted by atomic mass is 10.0. The van der Waals surface area contributed by atoms with Gasteiger partial charge in [-0.1, -0.05) is 25.6 Å². The number of nitrogens with zero attached hydrogens (tertiary/aromatic N) is 3. The Bertz CT molecular complexity index is 1380. The molecule has 1 N–H and O–H groups in total. The number of carbonyl (C=O) groups excluding carboxylic acids is 1. The Morgan fingerprint density at radius 2 is 1.74 bits per heavy atom. The Morgan fingerprint density at radius 3 is 2.31 bits per heavy atom. The second-order valence-corrected chi connectivity index (χ2v) is 9.99. The van der Waals surface area contributed by atoms with Crippen molar-refractivity contribution in [2.75, 3.05) is 13.1 Å². The number of aromatic nitrogens is 1. The summed E-state index contributed by atoms with van der Waals surface area (Å²) in [6.07, 6.45) is 2.36. The molecule has 1 fully saturated rings. The number of carboxylic acids is 1. The zero-order valence-electron chi connectivity index (χ0n) is 21.2. The fourth-order valence-corrected chi connectivity index (χ4v) is 4.44. The van der Waals surface area contributed by atoms with E-state index in [1.54, 1.807) is 44.0 Å². The smallest absolute Gasteiger partial charge is 0.410 e. The maximum Gasteiger partial charge on any atom is 0.410 e. The highest BCUT2D eigenvalue weighted by Crippen LogP contribution is 2.35. The first-order chi connectivity index (χ1) is 18.0. The van der Waals surface area contributed by atoms with E-state index in [1.807, 2.05) is 6.07 Å². The molecule has 206 valence electrons. The molecule has 2 aromatic carbocycles. The molecule has 10 heteroatoms. The first kappa shape index (κ1) is 29.2. The van der Waals surface area contributed by atoms with E-state index in [0.29, 0.717) is 30.5 Å². The van der Waals surface area contributed by atoms with E-state index in [-0.39, 0.29) is 37.0 Å². The molecule has 0 bridgehead atoms. The van der Waals surface area contributed by atoms with Crippen LogP contribution in [0.25, 0.3) is 11.1 Å². The van der Waals surface area contributed by atoms with Crippen LogP contribution in [0.3, 0.4) is 0 Å². The molecule has 1 atom stereocenters. The Hall–Kier alpha value is -4.39. The number of rotatable bonds is 5. The maximum absolute atomic E-state index is 13.9. The molecular formula is C29H31F2N3O5. The Balaban J connectivity index is 0.00000420. The van der Waals surface area contributed by atoms with Crippen LogP contribution in [-0.4, -0.2) is 45.3 Å². The van der Waals surface area contributed by atoms with Gasteiger partial charge in [0.2, 0.25) is 0 Å². The number of hydrogen-bond donors (Lipinski definition) is 1. The van der Waals surface area contributed by atoms with Gasteiger partial charge in [0.15, 0.2) is 17.4 Å². The van der Waals surface area contributed by atoms with Gasteiger partial charge in [-0.05, 0) is 63.4 Å². The molecule has 0 aliphatic carbocycles. The zero-order valence-corrected chi connectivity index (χ0v) is 21.2. The van der Waals surface area contributed by atoms with Gasteiger partial charge in [0.25, 0.3) is 0 Å². The van der Waals surface area contributed by atoms with E-state index in [1.165, 1.54) is 22.8 Å². The Kier molecular flexibility index (Phi) is 8.64. The van der Waals surface area contributed by atoms with Crippen LogP contribution >= 0.6 is 0 Å². The lowest BCUT2D eigenvalue weighted by Crippen LogP contribution is -2.43. The predicted octanol–water partition coefficient (Wildman–Crippen LogP) is 7.00. The maximum atomic E-state index is 13.9. The van der Waals surface area contributed by atoms with Crippen LogP contribution in [0.2, 0.25) is 0 Å². The normalized spacial score (nSPS) is 15.2. The van der Waals surface area contributed by atoms with Crippen LogP contribution in [0.4, 0.5) is 13.6 Å². The number of hydrogen-bond acceptors (Lipinski definition) is 5. The summed E-state index contributed by atoms with van der Waals surface area (Å²) in [7, 11) is 0. The number of likely N-dealkylation sites (tertiary alicyclic amines) is 1. The molecule has 4 rings (SSSR count). The summed E-state index contributed by atoms with van der Waals surface area (Å²) in [5.74, 6) is -3.34. The van der Waals surface area contributed by atoms with Crippen molar-refractivity contribution < 1.29 is 33.0 Å². The topological polar surface area (TPSA) is 105 Å². The minimum atomic E-state index is -1.27. The average Bonchev–Trinajstić information content (AvgIpc) is 3.26. The Labute approximate surface area is 226 Å². The fourth-order valence-electron chi connectivity index (χ4n) is 4.44. The second kappa shape index (κ2) is 11.6. The number of para-hydroxylation sites is 1. The molecule has 1 aliphatic rings. The molecule has 0 saturated carbocycles. The molecule has 3 aromatic rings. The zero-order chi connectivity index (χ0) is 27.6. The number of piperidine rings is 1. The molecule has 39 heavy (non-hydrogen) atoms. The summed E-state index contributed by atoms with van der Waals surface area (Å²) in [5, 5.41) is 19.9. The highest BCUT2D eigenvalue weighted by Gasteiger charge is 2.32. The quantitative estimate of drug-likeness (QED) is 0.374. The third kappa shape index (κ3) is 6.37. The summed E-state index contributed by atoms with van der Waals surface area (Å²) in [6.45, 7) is 6.03. The van der Waals surface area contributed by atoms with Crippen LogP contribution < -0.4 is 4.74 Å². The number of benzene rings is 2. The molecule has 1 saturated heterocycles. The first-order valence-corrected chi connectivity index (χ1v) is 12.1. The molecule has 1 aliphatic heterocycles. The van der Waals surface area contributed by atoms with Crippen molar-refractivity contribution in [3.8, 4) is 28.7 Å². The number of aromatic carboxylic acids is 1. The largest absolute Gasteiger partial charge is 0.477 e. The van der Waals surface area contributed by atoms with Crippen molar-refractivity contribution in [2.24, 2.45) is 0 Å². The standard InChI is InChI=1S/C28H27F2N3O5.CH4/c1-28(2,3)38-27(36)32-13-5-6-18(15-32)33-16-21(20(14-31)24(33)26(34)35)17-9-11-19(12-10-17)37-25-22(29)7-4-8-23(25)30;/h4,7-12,16,18H,5-6,13,15H2,1-3H3,(H,34,35);1H4/t18-;/m1./s1. The summed E-state index contributed by atoms with van der Waals surface area (Å²) < 4.78 is 40.3. The Morgan fingerprint density at radius 1 is 1.10 bits per heavy atom. The molecule has 0 unspecified atom stereocenters. The number of carbonyl (C=O) groups is 2. The van der Waals surface area contributed by atoms with Gasteiger partial charge in [0.1, 0.15) is 23.1 Å². The minimum Gasteiger partial charge on any atom is -0.477 e. The molecule has 0 radical (unpaired) electrons. The van der Waals surface area contributed by atoms with E-state index < -0.39 is 35.0 Å². The molecule has 0 spiro atoms. The first-order valence-electron chi connectivity index (χ1n) is 12.1. The lowest BCUT2D eigenvalue weighted by molar-refractivity contribution is 0.0172. The SMILES string of the molecule is C.CC(C)(C)OC(=O)N1CCC[C@@H](n2cc(-c3ccc(Oc4c(F)cccc4F)cc3)c(C#N)c2C(=O)O)C1. The third-order valence-electron chi connectivity index (χ3n) is 6.09. The highest BCUT2D eigenvalue weighted by molar-refractivity contribution is 5.93. The molecule has 1 amide bonds.